The maximum atomic E-state index is 13.4. The number of rotatable bonds is 55. The molecule has 3 aliphatic rings. The van der Waals surface area contributed by atoms with E-state index < -0.39 is 124 Å². The molecule has 19 nitrogen and oxygen atoms in total. The highest BCUT2D eigenvalue weighted by Crippen LogP contribution is 2.33. The van der Waals surface area contributed by atoms with E-state index in [4.69, 9.17) is 28.4 Å². The Morgan fingerprint density at radius 2 is 0.700 bits per heavy atom. The molecule has 17 atom stereocenters. The molecule has 17 unspecified atom stereocenters. The quantitative estimate of drug-likeness (QED) is 0.0199. The third kappa shape index (κ3) is 39.7. The number of aliphatic hydroxyl groups excluding tert-OH is 11. The Morgan fingerprint density at radius 1 is 0.370 bits per heavy atom. The molecule has 100 heavy (non-hydrogen) atoms. The normalized spacial score (nSPS) is 27.5. The van der Waals surface area contributed by atoms with Gasteiger partial charge in [-0.2, -0.15) is 0 Å². The highest BCUT2D eigenvalue weighted by molar-refractivity contribution is 5.76. The van der Waals surface area contributed by atoms with Crippen LogP contribution < -0.4 is 5.32 Å². The molecule has 1 amide bonds. The maximum absolute atomic E-state index is 13.4. The molecule has 3 fully saturated rings. The Balaban J connectivity index is 1.35. The van der Waals surface area contributed by atoms with E-state index in [0.717, 1.165) is 141 Å². The summed E-state index contributed by atoms with van der Waals surface area (Å²) in [7, 11) is 0. The number of unbranched alkanes of at least 4 members (excludes halogenated alkanes) is 13. The second-order valence-electron chi connectivity index (χ2n) is 25.6. The highest BCUT2D eigenvalue weighted by Gasteiger charge is 2.53. The molecule has 19 heteroatoms. The van der Waals surface area contributed by atoms with E-state index in [0.29, 0.717) is 12.8 Å². The minimum absolute atomic E-state index is 0.207. The van der Waals surface area contributed by atoms with Gasteiger partial charge in [0.1, 0.15) is 73.2 Å². The minimum atomic E-state index is -1.99. The average molecular weight is 1400 g/mol. The van der Waals surface area contributed by atoms with Gasteiger partial charge in [-0.3, -0.25) is 4.79 Å². The van der Waals surface area contributed by atoms with Gasteiger partial charge in [-0.1, -0.05) is 235 Å². The van der Waals surface area contributed by atoms with Gasteiger partial charge in [0.05, 0.1) is 38.6 Å². The maximum Gasteiger partial charge on any atom is 0.220 e. The molecule has 0 bridgehead atoms. The van der Waals surface area contributed by atoms with Crippen molar-refractivity contribution in [2.45, 2.75) is 304 Å². The first-order valence-corrected chi connectivity index (χ1v) is 37.4. The fraction of sp³-hybridized carbons (Fsp3) is 0.642. The number of carbonyl (C=O) groups is 1. The highest BCUT2D eigenvalue weighted by atomic mass is 16.8. The molecule has 3 heterocycles. The third-order valence-electron chi connectivity index (χ3n) is 17.2. The monoisotopic (exact) mass is 1400 g/mol. The molecule has 0 aliphatic carbocycles. The second kappa shape index (κ2) is 59.5. The van der Waals surface area contributed by atoms with Gasteiger partial charge in [0.15, 0.2) is 18.9 Å². The molecule has 12 N–H and O–H groups in total. The van der Waals surface area contributed by atoms with Crippen molar-refractivity contribution in [2.75, 3.05) is 26.4 Å². The van der Waals surface area contributed by atoms with Crippen molar-refractivity contribution in [3.8, 4) is 0 Å². The summed E-state index contributed by atoms with van der Waals surface area (Å²) in [6.07, 6.45) is 62.0. The molecule has 0 radical (unpaired) electrons. The second-order valence-corrected chi connectivity index (χ2v) is 25.6. The lowest BCUT2D eigenvalue weighted by molar-refractivity contribution is -0.379. The number of carbonyl (C=O) groups excluding carboxylic acids is 1. The van der Waals surface area contributed by atoms with Crippen LogP contribution in [0.25, 0.3) is 0 Å². The molecule has 3 aliphatic heterocycles. The summed E-state index contributed by atoms with van der Waals surface area (Å²) < 4.78 is 34.3. The summed E-state index contributed by atoms with van der Waals surface area (Å²) in [6.45, 7) is 1.52. The summed E-state index contributed by atoms with van der Waals surface area (Å²) >= 11 is 0. The summed E-state index contributed by atoms with van der Waals surface area (Å²) in [5, 5.41) is 120. The average Bonchev–Trinajstić information content (AvgIpc) is 0.783. The fourth-order valence-corrected chi connectivity index (χ4v) is 11.2. The molecule has 3 saturated heterocycles. The van der Waals surface area contributed by atoms with E-state index in [1.54, 1.807) is 6.08 Å². The van der Waals surface area contributed by atoms with Gasteiger partial charge in [-0.15, -0.1) is 0 Å². The van der Waals surface area contributed by atoms with Crippen LogP contribution in [-0.4, -0.2) is 193 Å². The number of hydrogen-bond donors (Lipinski definition) is 12. The van der Waals surface area contributed by atoms with E-state index >= 15 is 0 Å². The number of aliphatic hydroxyl groups is 11. The largest absolute Gasteiger partial charge is 0.394 e. The molecular formula is C81H129NO18. The molecule has 566 valence electrons. The molecule has 0 saturated carbocycles. The summed E-state index contributed by atoms with van der Waals surface area (Å²) in [4.78, 5) is 13.4. The van der Waals surface area contributed by atoms with Crippen LogP contribution >= 0.6 is 0 Å². The number of allylic oxidation sites excluding steroid dienone is 27. The molecule has 0 aromatic rings. The zero-order chi connectivity index (χ0) is 72.5. The summed E-state index contributed by atoms with van der Waals surface area (Å²) in [5.74, 6) is -0.310. The van der Waals surface area contributed by atoms with Crippen LogP contribution in [-0.2, 0) is 33.2 Å². The van der Waals surface area contributed by atoms with Gasteiger partial charge in [0.25, 0.3) is 0 Å². The van der Waals surface area contributed by atoms with Crippen molar-refractivity contribution in [3.05, 3.63) is 170 Å². The predicted molar refractivity (Wildman–Crippen MR) is 396 cm³/mol. The Hall–Kier alpha value is -4.85. The van der Waals surface area contributed by atoms with Crippen LogP contribution in [0, 0.1) is 0 Å². The van der Waals surface area contributed by atoms with E-state index in [1.165, 1.54) is 25.7 Å². The zero-order valence-corrected chi connectivity index (χ0v) is 60.1. The molecule has 0 aromatic heterocycles. The number of ether oxygens (including phenoxy) is 6. The van der Waals surface area contributed by atoms with Crippen LogP contribution in [0.5, 0.6) is 0 Å². The van der Waals surface area contributed by atoms with Gasteiger partial charge < -0.3 is 89.9 Å². The van der Waals surface area contributed by atoms with E-state index in [1.807, 2.05) is 6.08 Å². The number of nitrogens with one attached hydrogen (secondary N) is 1. The van der Waals surface area contributed by atoms with Gasteiger partial charge in [0.2, 0.25) is 5.91 Å². The van der Waals surface area contributed by atoms with E-state index in [9.17, 15) is 61.0 Å². The Labute approximate surface area is 598 Å². The SMILES string of the molecule is CC/C=C\C/C=C\C/C=C\C/C=C\C/C=C\C/C=C\C/C=C\C/C=C\C/C=C\C/C=C\C/C=C\CCCCCCCCCC(=O)NC(COC1OC(CO)C(OC2OC(CO)C(OC3OC(CO)C(O)C(O)C3O)C(O)C2O)C(O)C1O)C(O)/C=C/CC/C=C/CC/C=C/CCCCCC. The number of amides is 1. The predicted octanol–water partition coefficient (Wildman–Crippen LogP) is 11.4. The van der Waals surface area contributed by atoms with Crippen LogP contribution in [0.2, 0.25) is 0 Å². The van der Waals surface area contributed by atoms with Crippen LogP contribution in [0.3, 0.4) is 0 Å². The standard InChI is InChI=1S/C81H129NO18/c1-3-5-7-9-11-13-15-17-19-20-21-22-23-24-25-26-27-28-29-30-31-32-33-34-35-36-37-38-39-40-41-42-43-44-45-47-49-51-53-55-57-59-69(87)82-64(65(86)58-56-54-52-50-48-46-18-16-14-12-10-8-6-4-2)63-95-79-75(93)72(90)77(67(61-84)97-79)100-81-76(94)73(91)78(68(62-85)98-81)99-80-74(92)71(89)70(88)66(60-83)96-80/h5,7,11,13-14,16-17,19,21-22,24-25,27-28,30-31,33-34,36-37,39-40,42-43,48,50,56,58,64-68,70-81,83-86,88-94H,3-4,6,8-10,12,15,18,20,23,26,29,32,35,38,41,44-47,49,51-55,57,59-63H2,1-2H3,(H,82,87)/b7-5-,13-11-,16-14+,19-17-,22-21-,25-24-,28-27-,31-30-,34-33-,37-36-,40-39-,43-42-,50-48+,58-56+. The van der Waals surface area contributed by atoms with Crippen molar-refractivity contribution in [1.82, 2.24) is 5.32 Å². The summed E-state index contributed by atoms with van der Waals surface area (Å²) in [6, 6.07) is -1.01. The first-order valence-electron chi connectivity index (χ1n) is 37.4. The van der Waals surface area contributed by atoms with Crippen molar-refractivity contribution < 1.29 is 89.4 Å². The van der Waals surface area contributed by atoms with Crippen molar-refractivity contribution in [2.24, 2.45) is 0 Å². The molecule has 0 spiro atoms. The molecule has 0 aromatic carbocycles. The Bertz CT molecular complexity index is 2480. The first kappa shape index (κ1) is 89.4. The lowest BCUT2D eigenvalue weighted by atomic mass is 9.96. The lowest BCUT2D eigenvalue weighted by Gasteiger charge is -2.48. The van der Waals surface area contributed by atoms with E-state index in [-0.39, 0.29) is 18.9 Å². The van der Waals surface area contributed by atoms with Crippen molar-refractivity contribution >= 4 is 5.91 Å². The van der Waals surface area contributed by atoms with Gasteiger partial charge in [-0.05, 0) is 128 Å². The first-order chi connectivity index (χ1) is 48.8. The van der Waals surface area contributed by atoms with Crippen molar-refractivity contribution in [1.29, 1.82) is 0 Å². The third-order valence-corrected chi connectivity index (χ3v) is 17.2. The van der Waals surface area contributed by atoms with Gasteiger partial charge in [0, 0.05) is 6.42 Å². The Kier molecular flexibility index (Phi) is 53.2. The van der Waals surface area contributed by atoms with Gasteiger partial charge in [-0.25, -0.2) is 0 Å². The zero-order valence-electron chi connectivity index (χ0n) is 60.1. The number of hydrogen-bond acceptors (Lipinski definition) is 18. The smallest absolute Gasteiger partial charge is 0.220 e. The van der Waals surface area contributed by atoms with Crippen molar-refractivity contribution in [3.63, 3.8) is 0 Å². The Morgan fingerprint density at radius 3 is 1.12 bits per heavy atom. The van der Waals surface area contributed by atoms with Crippen LogP contribution in [0.1, 0.15) is 200 Å². The molecular weight excluding hydrogens is 1270 g/mol. The fourth-order valence-electron chi connectivity index (χ4n) is 11.2. The van der Waals surface area contributed by atoms with Crippen LogP contribution in [0.15, 0.2) is 170 Å². The summed E-state index contributed by atoms with van der Waals surface area (Å²) in [5.41, 5.74) is 0. The lowest BCUT2D eigenvalue weighted by Crippen LogP contribution is -2.66. The van der Waals surface area contributed by atoms with Crippen LogP contribution in [0.4, 0.5) is 0 Å². The topological polar surface area (TPSA) is 307 Å². The van der Waals surface area contributed by atoms with E-state index in [2.05, 4.69) is 177 Å². The van der Waals surface area contributed by atoms with Gasteiger partial charge >= 0.3 is 0 Å². The molecule has 3 rings (SSSR count). The minimum Gasteiger partial charge on any atom is -0.394 e.